The second-order valence-electron chi connectivity index (χ2n) is 7.14. The van der Waals surface area contributed by atoms with Gasteiger partial charge in [0.05, 0.1) is 18.4 Å². The molecule has 0 aromatic carbocycles. The Morgan fingerprint density at radius 2 is 1.79 bits per heavy atom. The van der Waals surface area contributed by atoms with E-state index in [2.05, 4.69) is 15.9 Å². The second kappa shape index (κ2) is 8.09. The molecular formula is C14H25ClN5O4. The molecular weight excluding hydrogens is 338 g/mol. The number of piperidine rings is 1. The zero-order chi connectivity index (χ0) is 18.5. The number of hydrogen-bond acceptors (Lipinski definition) is 5. The summed E-state index contributed by atoms with van der Waals surface area (Å²) >= 11 is 5.45. The Morgan fingerprint density at radius 1 is 1.25 bits per heavy atom. The minimum Gasteiger partial charge on any atom is -0.352 e. The summed E-state index contributed by atoms with van der Waals surface area (Å²) in [6.45, 7) is 7.01. The summed E-state index contributed by atoms with van der Waals surface area (Å²) < 4.78 is 0. The van der Waals surface area contributed by atoms with Gasteiger partial charge in [-0.15, -0.1) is 26.8 Å². The number of nitroso groups, excluding NO2 is 1. The Hall–Kier alpha value is -1.45. The minimum atomic E-state index is -0.782. The number of alkyl halides is 1. The lowest BCUT2D eigenvalue weighted by atomic mass is 9.79. The van der Waals surface area contributed by atoms with Crippen molar-refractivity contribution in [2.75, 3.05) is 19.0 Å². The summed E-state index contributed by atoms with van der Waals surface area (Å²) in [5, 5.41) is 21.6. The van der Waals surface area contributed by atoms with E-state index in [1.807, 2.05) is 27.7 Å². The number of urea groups is 1. The van der Waals surface area contributed by atoms with E-state index in [4.69, 9.17) is 11.6 Å². The highest BCUT2D eigenvalue weighted by atomic mass is 35.5. The predicted molar refractivity (Wildman–Crippen MR) is 88.5 cm³/mol. The second-order valence-corrected chi connectivity index (χ2v) is 7.52. The van der Waals surface area contributed by atoms with Crippen molar-refractivity contribution < 1.29 is 14.8 Å². The Balaban J connectivity index is 2.53. The molecule has 1 aliphatic heterocycles. The van der Waals surface area contributed by atoms with Crippen LogP contribution in [0.4, 0.5) is 4.79 Å². The molecule has 2 N–H and O–H groups in total. The van der Waals surface area contributed by atoms with E-state index < -0.39 is 23.0 Å². The van der Waals surface area contributed by atoms with Gasteiger partial charge in [-0.2, -0.15) is 5.01 Å². The van der Waals surface area contributed by atoms with E-state index in [1.54, 1.807) is 0 Å². The molecule has 0 spiro atoms. The third kappa shape index (κ3) is 5.29. The standard InChI is InChI=1S/C14H25ClN5O4/c1-13(2)7-10(8-14(3,4)20(13)24)17-11(21)9-16-12(22)19(18-23)6-5-15/h10H,5-9H2,1-4H3,(H,16,22)(H,17,21). The molecule has 0 saturated carbocycles. The van der Waals surface area contributed by atoms with Crippen LogP contribution in [-0.4, -0.2) is 58.1 Å². The van der Waals surface area contributed by atoms with Crippen molar-refractivity contribution in [3.05, 3.63) is 4.91 Å². The Labute approximate surface area is 146 Å². The molecule has 0 aromatic heterocycles. The van der Waals surface area contributed by atoms with Crippen molar-refractivity contribution in [2.45, 2.75) is 57.7 Å². The number of carbonyl (C=O) groups is 2. The van der Waals surface area contributed by atoms with Gasteiger partial charge in [0.25, 0.3) is 0 Å². The van der Waals surface area contributed by atoms with Crippen LogP contribution in [-0.2, 0) is 10.0 Å². The molecule has 1 aliphatic rings. The zero-order valence-electron chi connectivity index (χ0n) is 14.5. The first-order valence-electron chi connectivity index (χ1n) is 7.75. The smallest absolute Gasteiger partial charge is 0.340 e. The maximum Gasteiger partial charge on any atom is 0.340 e. The van der Waals surface area contributed by atoms with Gasteiger partial charge >= 0.3 is 6.03 Å². The van der Waals surface area contributed by atoms with Gasteiger partial charge in [-0.3, -0.25) is 4.79 Å². The Kier molecular flexibility index (Phi) is 6.94. The fraction of sp³-hybridized carbons (Fsp3) is 0.857. The molecule has 0 aliphatic carbocycles. The lowest BCUT2D eigenvalue weighted by Gasteiger charge is -2.50. The fourth-order valence-corrected chi connectivity index (χ4v) is 3.31. The predicted octanol–water partition coefficient (Wildman–Crippen LogP) is 1.40. The van der Waals surface area contributed by atoms with Crippen LogP contribution in [0.1, 0.15) is 40.5 Å². The van der Waals surface area contributed by atoms with Gasteiger partial charge in [-0.25, -0.2) is 4.79 Å². The molecule has 1 fully saturated rings. The van der Waals surface area contributed by atoms with Gasteiger partial charge in [0.2, 0.25) is 5.91 Å². The van der Waals surface area contributed by atoms with E-state index in [-0.39, 0.29) is 25.0 Å². The molecule has 0 unspecified atom stereocenters. The molecule has 1 heterocycles. The number of nitrogens with zero attached hydrogens (tertiary/aromatic N) is 3. The van der Waals surface area contributed by atoms with Crippen LogP contribution in [0.3, 0.4) is 0 Å². The highest BCUT2D eigenvalue weighted by Crippen LogP contribution is 2.36. The van der Waals surface area contributed by atoms with Crippen LogP contribution < -0.4 is 10.6 Å². The molecule has 0 bridgehead atoms. The quantitative estimate of drug-likeness (QED) is 0.422. The average Bonchev–Trinajstić information content (AvgIpc) is 2.47. The summed E-state index contributed by atoms with van der Waals surface area (Å²) in [6, 6.07) is -0.955. The molecule has 9 nitrogen and oxygen atoms in total. The maximum atomic E-state index is 12.3. The van der Waals surface area contributed by atoms with Crippen LogP contribution in [0.15, 0.2) is 5.29 Å². The maximum absolute atomic E-state index is 12.3. The van der Waals surface area contributed by atoms with Crippen molar-refractivity contribution in [1.29, 1.82) is 0 Å². The molecule has 1 radical (unpaired) electrons. The molecule has 10 heteroatoms. The molecule has 0 aromatic rings. The minimum absolute atomic E-state index is 0.0388. The summed E-state index contributed by atoms with van der Waals surface area (Å²) in [5.74, 6) is -0.334. The normalized spacial score (nSPS) is 20.2. The Morgan fingerprint density at radius 3 is 2.25 bits per heavy atom. The van der Waals surface area contributed by atoms with Crippen LogP contribution in [0.2, 0.25) is 0 Å². The monoisotopic (exact) mass is 362 g/mol. The molecule has 0 atom stereocenters. The van der Waals surface area contributed by atoms with Crippen LogP contribution in [0.25, 0.3) is 0 Å². The van der Waals surface area contributed by atoms with Crippen LogP contribution in [0, 0.1) is 4.91 Å². The first-order valence-corrected chi connectivity index (χ1v) is 8.28. The summed E-state index contributed by atoms with van der Waals surface area (Å²) in [5.41, 5.74) is -1.19. The first-order chi connectivity index (χ1) is 11.0. The summed E-state index contributed by atoms with van der Waals surface area (Å²) in [7, 11) is 0. The molecule has 24 heavy (non-hydrogen) atoms. The number of hydroxylamine groups is 2. The molecule has 1 rings (SSSR count). The van der Waals surface area contributed by atoms with Gasteiger partial charge in [-0.1, -0.05) is 0 Å². The van der Waals surface area contributed by atoms with Crippen molar-refractivity contribution >= 4 is 23.5 Å². The fourth-order valence-electron chi connectivity index (χ4n) is 3.15. The van der Waals surface area contributed by atoms with E-state index in [0.717, 1.165) is 5.06 Å². The van der Waals surface area contributed by atoms with Crippen molar-refractivity contribution in [3.8, 4) is 0 Å². The van der Waals surface area contributed by atoms with Crippen molar-refractivity contribution in [2.24, 2.45) is 5.29 Å². The van der Waals surface area contributed by atoms with Crippen LogP contribution >= 0.6 is 11.6 Å². The Bertz CT molecular complexity index is 468. The number of halogens is 1. The third-order valence-electron chi connectivity index (χ3n) is 3.99. The van der Waals surface area contributed by atoms with Crippen molar-refractivity contribution in [1.82, 2.24) is 20.7 Å². The average molecular weight is 363 g/mol. The number of hydrogen-bond donors (Lipinski definition) is 2. The van der Waals surface area contributed by atoms with E-state index in [1.165, 1.54) is 0 Å². The molecule has 137 valence electrons. The molecule has 1 saturated heterocycles. The van der Waals surface area contributed by atoms with Gasteiger partial charge in [-0.05, 0) is 40.5 Å². The van der Waals surface area contributed by atoms with E-state index in [0.29, 0.717) is 17.9 Å². The zero-order valence-corrected chi connectivity index (χ0v) is 15.2. The van der Waals surface area contributed by atoms with Gasteiger partial charge in [0, 0.05) is 23.0 Å². The SMILES string of the molecule is CC1(C)CC(NC(=O)CNC(=O)N(CCCl)N=O)CC(C)(C)N1[O]. The van der Waals surface area contributed by atoms with E-state index >= 15 is 0 Å². The summed E-state index contributed by atoms with van der Waals surface area (Å²) in [4.78, 5) is 34.2. The first kappa shape index (κ1) is 20.6. The lowest BCUT2D eigenvalue weighted by molar-refractivity contribution is -0.290. The number of carbonyl (C=O) groups excluding carboxylic acids is 2. The highest BCUT2D eigenvalue weighted by Gasteiger charge is 2.46. The largest absolute Gasteiger partial charge is 0.352 e. The summed E-state index contributed by atoms with van der Waals surface area (Å²) in [6.07, 6.45) is 1.02. The highest BCUT2D eigenvalue weighted by molar-refractivity contribution is 6.18. The topological polar surface area (TPSA) is 114 Å². The number of nitrogens with one attached hydrogen (secondary N) is 2. The third-order valence-corrected chi connectivity index (χ3v) is 4.16. The number of amides is 3. The molecule has 3 amide bonds. The lowest BCUT2D eigenvalue weighted by Crippen LogP contribution is -2.62. The van der Waals surface area contributed by atoms with Crippen molar-refractivity contribution in [3.63, 3.8) is 0 Å². The van der Waals surface area contributed by atoms with Crippen LogP contribution in [0.5, 0.6) is 0 Å². The van der Waals surface area contributed by atoms with Gasteiger partial charge < -0.3 is 10.6 Å². The van der Waals surface area contributed by atoms with E-state index in [9.17, 15) is 19.7 Å². The number of rotatable bonds is 6. The van der Waals surface area contributed by atoms with Gasteiger partial charge in [0.15, 0.2) is 0 Å². The van der Waals surface area contributed by atoms with Gasteiger partial charge in [0.1, 0.15) is 0 Å².